The molecule has 21 heavy (non-hydrogen) atoms. The van der Waals surface area contributed by atoms with Crippen molar-refractivity contribution < 1.29 is 9.50 Å². The number of aliphatic hydroxyl groups is 1. The molecule has 0 amide bonds. The fraction of sp³-hybridized carbons (Fsp3) is 0.333. The first-order chi connectivity index (χ1) is 9.75. The molecule has 1 atom stereocenters. The van der Waals surface area contributed by atoms with Gasteiger partial charge in [-0.05, 0) is 80.1 Å². The maximum Gasteiger partial charge on any atom is 0.130 e. The van der Waals surface area contributed by atoms with E-state index in [-0.39, 0.29) is 5.56 Å². The molecule has 0 aromatic heterocycles. The summed E-state index contributed by atoms with van der Waals surface area (Å²) in [5.41, 5.74) is 6.57. The Labute approximate surface area is 130 Å². The lowest BCUT2D eigenvalue weighted by molar-refractivity contribution is 0.213. The van der Waals surface area contributed by atoms with Crippen molar-refractivity contribution in [3.05, 3.63) is 68.0 Å². The van der Waals surface area contributed by atoms with Gasteiger partial charge in [-0.3, -0.25) is 0 Å². The minimum atomic E-state index is -0.986. The monoisotopic (exact) mass is 306 g/mol. The molecule has 0 aliphatic heterocycles. The Kier molecular flexibility index (Phi) is 4.40. The zero-order chi connectivity index (χ0) is 15.9. The molecule has 0 aliphatic rings. The molecule has 0 saturated carbocycles. The van der Waals surface area contributed by atoms with Crippen molar-refractivity contribution in [1.29, 1.82) is 0 Å². The van der Waals surface area contributed by atoms with E-state index in [9.17, 15) is 9.50 Å². The quantitative estimate of drug-likeness (QED) is 0.818. The Morgan fingerprint density at radius 3 is 1.86 bits per heavy atom. The summed E-state index contributed by atoms with van der Waals surface area (Å²) >= 11 is 5.78. The van der Waals surface area contributed by atoms with Crippen LogP contribution in [-0.4, -0.2) is 5.11 Å². The lowest BCUT2D eigenvalue weighted by Crippen LogP contribution is -2.10. The fourth-order valence-electron chi connectivity index (χ4n) is 2.82. The first kappa shape index (κ1) is 16.0. The summed E-state index contributed by atoms with van der Waals surface area (Å²) in [7, 11) is 0. The Bertz CT molecular complexity index is 678. The van der Waals surface area contributed by atoms with Crippen molar-refractivity contribution in [3.8, 4) is 0 Å². The molecular weight excluding hydrogens is 287 g/mol. The molecule has 0 fully saturated rings. The molecule has 1 N–H and O–H groups in total. The van der Waals surface area contributed by atoms with Crippen LogP contribution in [-0.2, 0) is 0 Å². The molecule has 1 nitrogen and oxygen atoms in total. The van der Waals surface area contributed by atoms with Crippen molar-refractivity contribution in [2.24, 2.45) is 0 Å². The summed E-state index contributed by atoms with van der Waals surface area (Å²) in [5.74, 6) is -0.482. The van der Waals surface area contributed by atoms with Gasteiger partial charge in [0.25, 0.3) is 0 Å². The summed E-state index contributed by atoms with van der Waals surface area (Å²) < 4.78 is 14.1. The van der Waals surface area contributed by atoms with Gasteiger partial charge in [0.1, 0.15) is 11.9 Å². The molecule has 1 unspecified atom stereocenters. The van der Waals surface area contributed by atoms with E-state index in [4.69, 9.17) is 11.6 Å². The molecule has 112 valence electrons. The summed E-state index contributed by atoms with van der Waals surface area (Å²) in [4.78, 5) is 0. The van der Waals surface area contributed by atoms with Crippen LogP contribution in [0.2, 0.25) is 5.02 Å². The number of aliphatic hydroxyl groups excluding tert-OH is 1. The van der Waals surface area contributed by atoms with Crippen LogP contribution in [0.4, 0.5) is 4.39 Å². The summed E-state index contributed by atoms with van der Waals surface area (Å²) in [5, 5.41) is 11.0. The van der Waals surface area contributed by atoms with E-state index in [0.29, 0.717) is 5.02 Å². The topological polar surface area (TPSA) is 20.2 Å². The van der Waals surface area contributed by atoms with Crippen molar-refractivity contribution in [1.82, 2.24) is 0 Å². The van der Waals surface area contributed by atoms with Crippen LogP contribution in [0.3, 0.4) is 0 Å². The van der Waals surface area contributed by atoms with Crippen LogP contribution in [0, 0.1) is 40.4 Å². The van der Waals surface area contributed by atoms with Gasteiger partial charge in [-0.25, -0.2) is 4.39 Å². The molecule has 0 radical (unpaired) electrons. The summed E-state index contributed by atoms with van der Waals surface area (Å²) in [6.45, 7) is 10.1. The Morgan fingerprint density at radius 2 is 1.38 bits per heavy atom. The van der Waals surface area contributed by atoms with E-state index in [1.165, 1.54) is 11.6 Å². The lowest BCUT2D eigenvalue weighted by Gasteiger charge is -2.23. The average molecular weight is 307 g/mol. The Balaban J connectivity index is 2.66. The van der Waals surface area contributed by atoms with E-state index < -0.39 is 11.9 Å². The fourth-order valence-corrected chi connectivity index (χ4v) is 2.98. The maximum absolute atomic E-state index is 14.1. The molecular formula is C18H20ClFO. The molecule has 2 aromatic carbocycles. The number of hydrogen-bond acceptors (Lipinski definition) is 1. The van der Waals surface area contributed by atoms with Gasteiger partial charge in [0, 0.05) is 10.6 Å². The summed E-state index contributed by atoms with van der Waals surface area (Å²) in [6, 6.07) is 4.38. The Hall–Kier alpha value is -1.38. The third kappa shape index (κ3) is 2.70. The van der Waals surface area contributed by atoms with Gasteiger partial charge in [0.2, 0.25) is 0 Å². The highest BCUT2D eigenvalue weighted by molar-refractivity contribution is 6.30. The van der Waals surface area contributed by atoms with Gasteiger partial charge in [0.05, 0.1) is 0 Å². The van der Waals surface area contributed by atoms with Crippen LogP contribution in [0.5, 0.6) is 0 Å². The molecule has 2 rings (SSSR count). The van der Waals surface area contributed by atoms with Crippen LogP contribution in [0.1, 0.15) is 45.0 Å². The van der Waals surface area contributed by atoms with Gasteiger partial charge in [-0.15, -0.1) is 0 Å². The third-order valence-corrected chi connectivity index (χ3v) is 4.82. The van der Waals surface area contributed by atoms with E-state index in [2.05, 4.69) is 6.92 Å². The van der Waals surface area contributed by atoms with Crippen LogP contribution in [0.25, 0.3) is 0 Å². The highest BCUT2D eigenvalue weighted by atomic mass is 35.5. The lowest BCUT2D eigenvalue weighted by atomic mass is 9.85. The second kappa shape index (κ2) is 5.78. The second-order valence-electron chi connectivity index (χ2n) is 5.61. The SMILES string of the molecule is Cc1c(C)c(C)c(C(O)c2ccc(Cl)cc2F)c(C)c1C. The standard InChI is InChI=1S/C18H20ClFO/c1-9-10(2)12(4)17(13(5)11(9)3)18(21)15-7-6-14(19)8-16(15)20/h6-8,18,21H,1-5H3. The number of hydrogen-bond donors (Lipinski definition) is 1. The predicted octanol–water partition coefficient (Wildman–Crippen LogP) is 5.10. The highest BCUT2D eigenvalue weighted by Gasteiger charge is 2.22. The molecule has 0 saturated heterocycles. The second-order valence-corrected chi connectivity index (χ2v) is 6.04. The van der Waals surface area contributed by atoms with Gasteiger partial charge in [-0.2, -0.15) is 0 Å². The van der Waals surface area contributed by atoms with E-state index in [1.54, 1.807) is 12.1 Å². The zero-order valence-corrected chi connectivity index (χ0v) is 13.8. The maximum atomic E-state index is 14.1. The number of benzene rings is 2. The van der Waals surface area contributed by atoms with Gasteiger partial charge < -0.3 is 5.11 Å². The van der Waals surface area contributed by atoms with E-state index >= 15 is 0 Å². The largest absolute Gasteiger partial charge is 0.384 e. The van der Waals surface area contributed by atoms with Crippen molar-refractivity contribution in [3.63, 3.8) is 0 Å². The average Bonchev–Trinajstić information content (AvgIpc) is 2.43. The summed E-state index contributed by atoms with van der Waals surface area (Å²) in [6.07, 6.45) is -0.986. The molecule has 3 heteroatoms. The minimum absolute atomic E-state index is 0.258. The zero-order valence-electron chi connectivity index (χ0n) is 13.0. The Morgan fingerprint density at radius 1 is 0.905 bits per heavy atom. The van der Waals surface area contributed by atoms with Crippen LogP contribution < -0.4 is 0 Å². The van der Waals surface area contributed by atoms with Crippen LogP contribution in [0.15, 0.2) is 18.2 Å². The van der Waals surface area contributed by atoms with E-state index in [0.717, 1.165) is 27.8 Å². The van der Waals surface area contributed by atoms with E-state index in [1.807, 2.05) is 27.7 Å². The van der Waals surface area contributed by atoms with Gasteiger partial charge in [-0.1, -0.05) is 17.7 Å². The molecule has 0 aliphatic carbocycles. The third-order valence-electron chi connectivity index (χ3n) is 4.59. The molecule has 2 aromatic rings. The number of halogens is 2. The first-order valence-corrected chi connectivity index (χ1v) is 7.33. The van der Waals surface area contributed by atoms with Gasteiger partial charge in [0.15, 0.2) is 0 Å². The van der Waals surface area contributed by atoms with Crippen molar-refractivity contribution in [2.45, 2.75) is 40.7 Å². The molecule has 0 bridgehead atoms. The normalized spacial score (nSPS) is 12.6. The van der Waals surface area contributed by atoms with Crippen LogP contribution >= 0.6 is 11.6 Å². The van der Waals surface area contributed by atoms with Crippen molar-refractivity contribution in [2.75, 3.05) is 0 Å². The minimum Gasteiger partial charge on any atom is -0.384 e. The predicted molar refractivity (Wildman–Crippen MR) is 85.6 cm³/mol. The highest BCUT2D eigenvalue weighted by Crippen LogP contribution is 2.34. The molecule has 0 heterocycles. The van der Waals surface area contributed by atoms with Crippen molar-refractivity contribution >= 4 is 11.6 Å². The number of rotatable bonds is 2. The smallest absolute Gasteiger partial charge is 0.130 e. The molecule has 0 spiro atoms. The first-order valence-electron chi connectivity index (χ1n) is 6.95. The van der Waals surface area contributed by atoms with Gasteiger partial charge >= 0.3 is 0 Å².